The highest BCUT2D eigenvalue weighted by Gasteiger charge is 2.31. The van der Waals surface area contributed by atoms with Crippen LogP contribution in [0.2, 0.25) is 0 Å². The number of nitrogens with zero attached hydrogens (tertiary/aromatic N) is 1. The fourth-order valence-corrected chi connectivity index (χ4v) is 3.29. The quantitative estimate of drug-likeness (QED) is 0.622. The third-order valence-corrected chi connectivity index (χ3v) is 4.75. The molecule has 1 atom stereocenters. The van der Waals surface area contributed by atoms with Gasteiger partial charge in [0.15, 0.2) is 5.11 Å². The fraction of sp³-hybridized carbons (Fsp3) is 0.800. The third kappa shape index (κ3) is 3.93. The molecule has 0 spiro atoms. The van der Waals surface area contributed by atoms with Crippen molar-refractivity contribution in [3.05, 3.63) is 11.6 Å². The van der Waals surface area contributed by atoms with Crippen molar-refractivity contribution in [1.29, 1.82) is 0 Å². The van der Waals surface area contributed by atoms with E-state index in [1.165, 1.54) is 18.4 Å². The molecule has 0 bridgehead atoms. The van der Waals surface area contributed by atoms with Crippen LogP contribution in [-0.2, 0) is 4.74 Å². The molecule has 2 rings (SSSR count). The van der Waals surface area contributed by atoms with E-state index in [4.69, 9.17) is 17.0 Å². The molecule has 0 aromatic rings. The molecular weight excluding hydrogens is 256 g/mol. The lowest BCUT2D eigenvalue weighted by atomic mass is 9.77. The second-order valence-corrected chi connectivity index (χ2v) is 6.66. The number of morpholine rings is 1. The highest BCUT2D eigenvalue weighted by Crippen LogP contribution is 2.31. The van der Waals surface area contributed by atoms with E-state index in [1.807, 2.05) is 0 Å². The summed E-state index contributed by atoms with van der Waals surface area (Å²) in [5.41, 5.74) is 1.59. The van der Waals surface area contributed by atoms with Gasteiger partial charge in [-0.3, -0.25) is 0 Å². The lowest BCUT2D eigenvalue weighted by Crippen LogP contribution is -2.55. The first kappa shape index (κ1) is 14.8. The molecule has 3 nitrogen and oxygen atoms in total. The molecule has 0 unspecified atom stereocenters. The normalized spacial score (nSPS) is 24.9. The zero-order chi connectivity index (χ0) is 13.9. The van der Waals surface area contributed by atoms with E-state index in [9.17, 15) is 0 Å². The molecule has 1 heterocycles. The Morgan fingerprint density at radius 1 is 1.42 bits per heavy atom. The first-order chi connectivity index (χ1) is 8.99. The van der Waals surface area contributed by atoms with E-state index in [2.05, 4.69) is 37.1 Å². The predicted octanol–water partition coefficient (Wildman–Crippen LogP) is 2.72. The fourth-order valence-electron chi connectivity index (χ4n) is 2.84. The molecule has 1 aliphatic heterocycles. The topological polar surface area (TPSA) is 24.5 Å². The Labute approximate surface area is 122 Å². The number of hydrogen-bond acceptors (Lipinski definition) is 2. The number of nitrogens with one attached hydrogen (secondary N) is 1. The Bertz CT molecular complexity index is 359. The van der Waals surface area contributed by atoms with Crippen LogP contribution >= 0.6 is 12.2 Å². The molecule has 0 radical (unpaired) electrons. The Hall–Kier alpha value is -0.610. The number of rotatable bonds is 2. The van der Waals surface area contributed by atoms with Gasteiger partial charge in [0.25, 0.3) is 0 Å². The van der Waals surface area contributed by atoms with Gasteiger partial charge in [0.05, 0.1) is 13.2 Å². The van der Waals surface area contributed by atoms with Gasteiger partial charge in [-0.1, -0.05) is 11.6 Å². The van der Waals surface area contributed by atoms with Crippen molar-refractivity contribution in [3.8, 4) is 0 Å². The highest BCUT2D eigenvalue weighted by atomic mass is 32.1. The molecule has 1 fully saturated rings. The monoisotopic (exact) mass is 282 g/mol. The zero-order valence-electron chi connectivity index (χ0n) is 12.4. The van der Waals surface area contributed by atoms with Crippen LogP contribution in [-0.4, -0.2) is 41.9 Å². The van der Waals surface area contributed by atoms with Gasteiger partial charge in [-0.15, -0.1) is 0 Å². The number of ether oxygens (including phenoxy) is 1. The molecule has 1 N–H and O–H groups in total. The Morgan fingerprint density at radius 2 is 2.11 bits per heavy atom. The molecule has 0 saturated carbocycles. The summed E-state index contributed by atoms with van der Waals surface area (Å²) in [5, 5.41) is 4.47. The average Bonchev–Trinajstić information content (AvgIpc) is 2.40. The molecule has 1 aliphatic carbocycles. The second kappa shape index (κ2) is 6.23. The van der Waals surface area contributed by atoms with Gasteiger partial charge in [-0.25, -0.2) is 0 Å². The second-order valence-electron chi connectivity index (χ2n) is 6.27. The zero-order valence-corrected chi connectivity index (χ0v) is 13.2. The smallest absolute Gasteiger partial charge is 0.169 e. The minimum absolute atomic E-state index is 0.0621. The van der Waals surface area contributed by atoms with Gasteiger partial charge in [-0.2, -0.15) is 0 Å². The molecule has 108 valence electrons. The lowest BCUT2D eigenvalue weighted by Gasteiger charge is -2.40. The predicted molar refractivity (Wildman–Crippen MR) is 83.3 cm³/mol. The SMILES string of the molecule is CC1=CC[C@H](C(C)(C)NC(=S)N2CCOCC2)CC1. The van der Waals surface area contributed by atoms with Gasteiger partial charge >= 0.3 is 0 Å². The average molecular weight is 282 g/mol. The molecule has 0 amide bonds. The van der Waals surface area contributed by atoms with E-state index >= 15 is 0 Å². The summed E-state index contributed by atoms with van der Waals surface area (Å²) in [4.78, 5) is 2.23. The van der Waals surface area contributed by atoms with E-state index in [0.29, 0.717) is 5.92 Å². The van der Waals surface area contributed by atoms with Crippen molar-refractivity contribution in [1.82, 2.24) is 10.2 Å². The molecule has 19 heavy (non-hydrogen) atoms. The number of hydrogen-bond donors (Lipinski definition) is 1. The summed E-state index contributed by atoms with van der Waals surface area (Å²) < 4.78 is 5.37. The van der Waals surface area contributed by atoms with Crippen LogP contribution in [0.4, 0.5) is 0 Å². The molecule has 0 aromatic carbocycles. The lowest BCUT2D eigenvalue weighted by molar-refractivity contribution is 0.0662. The minimum atomic E-state index is 0.0621. The van der Waals surface area contributed by atoms with Crippen molar-refractivity contribution < 1.29 is 4.74 Å². The maximum absolute atomic E-state index is 5.56. The van der Waals surface area contributed by atoms with Gasteiger partial charge in [0.1, 0.15) is 0 Å². The Morgan fingerprint density at radius 3 is 2.68 bits per heavy atom. The van der Waals surface area contributed by atoms with E-state index in [-0.39, 0.29) is 5.54 Å². The first-order valence-corrected chi connectivity index (χ1v) is 7.70. The van der Waals surface area contributed by atoms with Gasteiger partial charge < -0.3 is 15.0 Å². The molecular formula is C15H26N2OS. The van der Waals surface area contributed by atoms with Crippen molar-refractivity contribution in [3.63, 3.8) is 0 Å². The summed E-state index contributed by atoms with van der Waals surface area (Å²) >= 11 is 5.56. The van der Waals surface area contributed by atoms with Crippen molar-refractivity contribution in [2.24, 2.45) is 5.92 Å². The molecule has 2 aliphatic rings. The molecule has 4 heteroatoms. The van der Waals surface area contributed by atoms with Crippen LogP contribution in [0.15, 0.2) is 11.6 Å². The van der Waals surface area contributed by atoms with Crippen LogP contribution in [0.25, 0.3) is 0 Å². The minimum Gasteiger partial charge on any atom is -0.378 e. The first-order valence-electron chi connectivity index (χ1n) is 7.29. The molecule has 1 saturated heterocycles. The van der Waals surface area contributed by atoms with Crippen LogP contribution in [0.5, 0.6) is 0 Å². The van der Waals surface area contributed by atoms with Crippen molar-refractivity contribution in [2.45, 2.75) is 45.6 Å². The van der Waals surface area contributed by atoms with Gasteiger partial charge in [0.2, 0.25) is 0 Å². The summed E-state index contributed by atoms with van der Waals surface area (Å²) in [6.45, 7) is 10.2. The highest BCUT2D eigenvalue weighted by molar-refractivity contribution is 7.80. The summed E-state index contributed by atoms with van der Waals surface area (Å²) in [6, 6.07) is 0. The Balaban J connectivity index is 1.90. The standard InChI is InChI=1S/C15H26N2OS/c1-12-4-6-13(7-5-12)15(2,3)16-14(19)17-8-10-18-11-9-17/h4,13H,5-11H2,1-3H3,(H,16,19)/t13-/m0/s1. The third-order valence-electron chi connectivity index (χ3n) is 4.39. The largest absolute Gasteiger partial charge is 0.378 e. The van der Waals surface area contributed by atoms with Crippen LogP contribution in [0.1, 0.15) is 40.0 Å². The summed E-state index contributed by atoms with van der Waals surface area (Å²) in [5.74, 6) is 0.662. The van der Waals surface area contributed by atoms with Crippen molar-refractivity contribution in [2.75, 3.05) is 26.3 Å². The van der Waals surface area contributed by atoms with Crippen LogP contribution in [0, 0.1) is 5.92 Å². The van der Waals surface area contributed by atoms with E-state index in [1.54, 1.807) is 0 Å². The van der Waals surface area contributed by atoms with Crippen LogP contribution < -0.4 is 5.32 Å². The van der Waals surface area contributed by atoms with Gasteiger partial charge in [0, 0.05) is 18.6 Å². The maximum atomic E-state index is 5.56. The Kier molecular flexibility index (Phi) is 4.85. The number of allylic oxidation sites excluding steroid dienone is 2. The summed E-state index contributed by atoms with van der Waals surface area (Å²) in [7, 11) is 0. The van der Waals surface area contributed by atoms with E-state index in [0.717, 1.165) is 37.8 Å². The van der Waals surface area contributed by atoms with Crippen molar-refractivity contribution >= 4 is 17.3 Å². The van der Waals surface area contributed by atoms with Gasteiger partial charge in [-0.05, 0) is 58.2 Å². The van der Waals surface area contributed by atoms with E-state index < -0.39 is 0 Å². The number of thiocarbonyl (C=S) groups is 1. The summed E-state index contributed by atoms with van der Waals surface area (Å²) in [6.07, 6.45) is 6.03. The maximum Gasteiger partial charge on any atom is 0.169 e. The van der Waals surface area contributed by atoms with Crippen LogP contribution in [0.3, 0.4) is 0 Å². The molecule has 0 aromatic heterocycles.